The van der Waals surface area contributed by atoms with Crippen molar-refractivity contribution in [3.63, 3.8) is 0 Å². The molecule has 2 N–H and O–H groups in total. The van der Waals surface area contributed by atoms with Crippen LogP contribution in [0.15, 0.2) is 60.7 Å². The van der Waals surface area contributed by atoms with Crippen LogP contribution in [0.3, 0.4) is 0 Å². The van der Waals surface area contributed by atoms with Crippen LogP contribution >= 0.6 is 0 Å². The van der Waals surface area contributed by atoms with Crippen molar-refractivity contribution >= 4 is 22.9 Å². The van der Waals surface area contributed by atoms with Crippen molar-refractivity contribution in [2.24, 2.45) is 5.73 Å². The summed E-state index contributed by atoms with van der Waals surface area (Å²) in [7, 11) is 1.72. The largest absolute Gasteiger partial charge is 0.496 e. The van der Waals surface area contributed by atoms with Crippen LogP contribution in [-0.4, -0.2) is 13.7 Å². The monoisotopic (exact) mass is 317 g/mol. The molecule has 0 aliphatic carbocycles. The van der Waals surface area contributed by atoms with Gasteiger partial charge in [-0.3, -0.25) is 0 Å². The Labute approximate surface area is 143 Å². The molecule has 0 aromatic heterocycles. The highest BCUT2D eigenvalue weighted by Gasteiger charge is 2.05. The highest BCUT2D eigenvalue weighted by molar-refractivity contribution is 5.95. The summed E-state index contributed by atoms with van der Waals surface area (Å²) in [6.45, 7) is 0.729. The summed E-state index contributed by atoms with van der Waals surface area (Å²) in [6, 6.07) is 21.1. The van der Waals surface area contributed by atoms with Gasteiger partial charge in [0.1, 0.15) is 5.75 Å². The molecule has 0 radical (unpaired) electrons. The summed E-state index contributed by atoms with van der Waals surface area (Å²) in [4.78, 5) is 0. The van der Waals surface area contributed by atoms with Gasteiger partial charge in [0, 0.05) is 5.56 Å². The number of hydrogen-bond acceptors (Lipinski definition) is 2. The molecular formula is C22H23NO. The molecular weight excluding hydrogens is 294 g/mol. The molecule has 0 spiro atoms. The minimum atomic E-state index is 0.729. The van der Waals surface area contributed by atoms with E-state index < -0.39 is 0 Å². The summed E-state index contributed by atoms with van der Waals surface area (Å²) in [5, 5.41) is 2.42. The van der Waals surface area contributed by atoms with Gasteiger partial charge >= 0.3 is 0 Å². The average Bonchev–Trinajstić information content (AvgIpc) is 2.64. The van der Waals surface area contributed by atoms with Crippen LogP contribution in [0.25, 0.3) is 22.9 Å². The topological polar surface area (TPSA) is 35.2 Å². The first-order valence-corrected chi connectivity index (χ1v) is 8.34. The number of rotatable bonds is 6. The Morgan fingerprint density at radius 3 is 2.67 bits per heavy atom. The Balaban J connectivity index is 1.95. The van der Waals surface area contributed by atoms with Crippen LogP contribution in [0.1, 0.15) is 23.1 Å². The summed E-state index contributed by atoms with van der Waals surface area (Å²) < 4.78 is 5.55. The third-order valence-electron chi connectivity index (χ3n) is 4.21. The molecule has 2 nitrogen and oxygen atoms in total. The van der Waals surface area contributed by atoms with Gasteiger partial charge in [0.05, 0.1) is 7.11 Å². The average molecular weight is 317 g/mol. The van der Waals surface area contributed by atoms with Crippen molar-refractivity contribution in [3.05, 3.63) is 77.4 Å². The summed E-state index contributed by atoms with van der Waals surface area (Å²) in [5.41, 5.74) is 9.24. The molecule has 0 bridgehead atoms. The second-order valence-corrected chi connectivity index (χ2v) is 5.87. The maximum absolute atomic E-state index is 5.61. The van der Waals surface area contributed by atoms with Crippen molar-refractivity contribution in [1.29, 1.82) is 0 Å². The van der Waals surface area contributed by atoms with Gasteiger partial charge in [-0.05, 0) is 47.4 Å². The van der Waals surface area contributed by atoms with E-state index >= 15 is 0 Å². The molecule has 3 aromatic carbocycles. The minimum absolute atomic E-state index is 0.729. The maximum atomic E-state index is 5.61. The molecule has 0 unspecified atom stereocenters. The van der Waals surface area contributed by atoms with E-state index in [0.29, 0.717) is 0 Å². The number of fused-ring (bicyclic) bond motifs is 1. The van der Waals surface area contributed by atoms with E-state index in [1.54, 1.807) is 7.11 Å². The lowest BCUT2D eigenvalue weighted by molar-refractivity contribution is 0.414. The third kappa shape index (κ3) is 3.66. The normalized spacial score (nSPS) is 11.2. The molecule has 0 amide bonds. The van der Waals surface area contributed by atoms with E-state index in [2.05, 4.69) is 66.7 Å². The van der Waals surface area contributed by atoms with Gasteiger partial charge in [0.25, 0.3) is 0 Å². The number of methoxy groups -OCH3 is 1. The van der Waals surface area contributed by atoms with E-state index in [4.69, 9.17) is 10.5 Å². The van der Waals surface area contributed by atoms with Crippen molar-refractivity contribution in [3.8, 4) is 5.75 Å². The van der Waals surface area contributed by atoms with E-state index in [9.17, 15) is 0 Å². The van der Waals surface area contributed by atoms with E-state index in [1.165, 1.54) is 21.9 Å². The molecule has 3 rings (SSSR count). The van der Waals surface area contributed by atoms with Crippen LogP contribution in [0.5, 0.6) is 5.75 Å². The standard InChI is InChI=1S/C22H23NO/c1-24-22-14-12-19-9-2-3-10-20(19)21(22)13-11-18-7-4-6-17(16-18)8-5-15-23/h2-4,6-7,9-14,16H,5,8,15,23H2,1H3. The highest BCUT2D eigenvalue weighted by atomic mass is 16.5. The minimum Gasteiger partial charge on any atom is -0.496 e. The summed E-state index contributed by atoms with van der Waals surface area (Å²) >= 11 is 0. The first-order chi connectivity index (χ1) is 11.8. The molecule has 3 aromatic rings. The van der Waals surface area contributed by atoms with Crippen molar-refractivity contribution in [2.75, 3.05) is 13.7 Å². The first-order valence-electron chi connectivity index (χ1n) is 8.34. The zero-order valence-electron chi connectivity index (χ0n) is 14.0. The molecule has 122 valence electrons. The van der Waals surface area contributed by atoms with Crippen molar-refractivity contribution in [2.45, 2.75) is 12.8 Å². The molecule has 2 heteroatoms. The Morgan fingerprint density at radius 1 is 0.958 bits per heavy atom. The third-order valence-corrected chi connectivity index (χ3v) is 4.21. The zero-order valence-corrected chi connectivity index (χ0v) is 14.0. The predicted octanol–water partition coefficient (Wildman–Crippen LogP) is 4.91. The maximum Gasteiger partial charge on any atom is 0.126 e. The predicted molar refractivity (Wildman–Crippen MR) is 103 cm³/mol. The molecule has 0 aliphatic heterocycles. The SMILES string of the molecule is COc1ccc2ccccc2c1C=Cc1cccc(CCCN)c1. The van der Waals surface area contributed by atoms with E-state index in [0.717, 1.165) is 30.7 Å². The molecule has 24 heavy (non-hydrogen) atoms. The number of benzene rings is 3. The van der Waals surface area contributed by atoms with Crippen LogP contribution in [0.4, 0.5) is 0 Å². The fourth-order valence-corrected chi connectivity index (χ4v) is 2.96. The number of aryl methyl sites for hydroxylation is 1. The molecule has 0 fully saturated rings. The lowest BCUT2D eigenvalue weighted by Crippen LogP contribution is -2.00. The first kappa shape index (κ1) is 16.3. The molecule has 0 saturated carbocycles. The van der Waals surface area contributed by atoms with Gasteiger partial charge in [-0.1, -0.05) is 66.7 Å². The number of ether oxygens (including phenoxy) is 1. The van der Waals surface area contributed by atoms with Gasteiger partial charge in [-0.25, -0.2) is 0 Å². The quantitative estimate of drug-likeness (QED) is 0.656. The molecule has 0 heterocycles. The fourth-order valence-electron chi connectivity index (χ4n) is 2.96. The molecule has 0 aliphatic rings. The van der Waals surface area contributed by atoms with Gasteiger partial charge < -0.3 is 10.5 Å². The Bertz CT molecular complexity index is 851. The van der Waals surface area contributed by atoms with Gasteiger partial charge in [0.15, 0.2) is 0 Å². The van der Waals surface area contributed by atoms with Crippen molar-refractivity contribution < 1.29 is 4.74 Å². The molecule has 0 saturated heterocycles. The molecule has 0 atom stereocenters. The number of hydrogen-bond donors (Lipinski definition) is 1. The van der Waals surface area contributed by atoms with Gasteiger partial charge in [-0.15, -0.1) is 0 Å². The second-order valence-electron chi connectivity index (χ2n) is 5.87. The summed E-state index contributed by atoms with van der Waals surface area (Å²) in [6.07, 6.45) is 6.33. The van der Waals surface area contributed by atoms with Crippen LogP contribution in [0.2, 0.25) is 0 Å². The zero-order chi connectivity index (χ0) is 16.8. The highest BCUT2D eigenvalue weighted by Crippen LogP contribution is 2.29. The van der Waals surface area contributed by atoms with Crippen LogP contribution in [-0.2, 0) is 6.42 Å². The smallest absolute Gasteiger partial charge is 0.126 e. The second kappa shape index (κ2) is 7.80. The number of nitrogens with two attached hydrogens (primary N) is 1. The van der Waals surface area contributed by atoms with Gasteiger partial charge in [0.2, 0.25) is 0 Å². The Morgan fingerprint density at radius 2 is 1.83 bits per heavy atom. The lowest BCUT2D eigenvalue weighted by atomic mass is 10.0. The lowest BCUT2D eigenvalue weighted by Gasteiger charge is -2.09. The van der Waals surface area contributed by atoms with E-state index in [-0.39, 0.29) is 0 Å². The Kier molecular flexibility index (Phi) is 5.29. The van der Waals surface area contributed by atoms with Crippen LogP contribution < -0.4 is 10.5 Å². The van der Waals surface area contributed by atoms with E-state index in [1.807, 2.05) is 6.07 Å². The Hall–Kier alpha value is -2.58. The van der Waals surface area contributed by atoms with Gasteiger partial charge in [-0.2, -0.15) is 0 Å². The van der Waals surface area contributed by atoms with Crippen LogP contribution in [0, 0.1) is 0 Å². The summed E-state index contributed by atoms with van der Waals surface area (Å²) in [5.74, 6) is 0.893. The fraction of sp³-hybridized carbons (Fsp3) is 0.182. The van der Waals surface area contributed by atoms with Crippen molar-refractivity contribution in [1.82, 2.24) is 0 Å².